The van der Waals surface area contributed by atoms with E-state index < -0.39 is 0 Å². The number of benzene rings is 1. The Hall–Kier alpha value is -0.530. The van der Waals surface area contributed by atoms with Gasteiger partial charge in [0.1, 0.15) is 0 Å². The van der Waals surface area contributed by atoms with Crippen molar-refractivity contribution < 1.29 is 0 Å². The standard InChI is InChI=1S/C18H28ClN/c1-13(2)20-12-18(10-15(11-18)17(3,4)5)14-6-8-16(19)9-7-14/h6-9,13,15,20H,10-12H2,1-5H3. The SMILES string of the molecule is CC(C)NCC1(c2ccc(Cl)cc2)CC(C(C)(C)C)C1. The molecule has 1 N–H and O–H groups in total. The van der Waals surface area contributed by atoms with Gasteiger partial charge in [-0.15, -0.1) is 0 Å². The van der Waals surface area contributed by atoms with Crippen molar-refractivity contribution in [2.24, 2.45) is 11.3 Å². The van der Waals surface area contributed by atoms with Crippen LogP contribution in [0.25, 0.3) is 0 Å². The molecule has 0 radical (unpaired) electrons. The number of hydrogen-bond donors (Lipinski definition) is 1. The highest BCUT2D eigenvalue weighted by atomic mass is 35.5. The molecule has 2 heteroatoms. The van der Waals surface area contributed by atoms with Crippen molar-refractivity contribution in [3.8, 4) is 0 Å². The molecule has 1 nitrogen and oxygen atoms in total. The molecule has 0 saturated heterocycles. The average Bonchev–Trinajstić information content (AvgIpc) is 2.27. The molecule has 1 aromatic rings. The highest BCUT2D eigenvalue weighted by molar-refractivity contribution is 6.30. The van der Waals surface area contributed by atoms with Crippen LogP contribution in [0.5, 0.6) is 0 Å². The Morgan fingerprint density at radius 2 is 1.75 bits per heavy atom. The molecule has 0 amide bonds. The van der Waals surface area contributed by atoms with Crippen molar-refractivity contribution in [1.29, 1.82) is 0 Å². The molecule has 1 aliphatic carbocycles. The van der Waals surface area contributed by atoms with Crippen molar-refractivity contribution in [3.63, 3.8) is 0 Å². The zero-order valence-corrected chi connectivity index (χ0v) is 14.2. The quantitative estimate of drug-likeness (QED) is 0.821. The largest absolute Gasteiger partial charge is 0.314 e. The lowest BCUT2D eigenvalue weighted by Gasteiger charge is -2.54. The fourth-order valence-corrected chi connectivity index (χ4v) is 3.31. The second kappa shape index (κ2) is 5.69. The zero-order valence-electron chi connectivity index (χ0n) is 13.5. The maximum Gasteiger partial charge on any atom is 0.0406 e. The molecule has 0 bridgehead atoms. The van der Waals surface area contributed by atoms with E-state index in [0.717, 1.165) is 17.5 Å². The Balaban J connectivity index is 2.17. The molecular formula is C18H28ClN. The average molecular weight is 294 g/mol. The molecule has 1 aliphatic rings. The molecule has 0 spiro atoms. The third kappa shape index (κ3) is 3.38. The summed E-state index contributed by atoms with van der Waals surface area (Å²) in [5.41, 5.74) is 2.15. The van der Waals surface area contributed by atoms with Crippen LogP contribution >= 0.6 is 11.6 Å². The van der Waals surface area contributed by atoms with Gasteiger partial charge in [0.15, 0.2) is 0 Å². The van der Waals surface area contributed by atoms with Crippen molar-refractivity contribution in [2.75, 3.05) is 6.54 Å². The normalized spacial score (nSPS) is 26.6. The van der Waals surface area contributed by atoms with Gasteiger partial charge in [-0.1, -0.05) is 58.4 Å². The summed E-state index contributed by atoms with van der Waals surface area (Å²) in [5.74, 6) is 0.812. The molecule has 20 heavy (non-hydrogen) atoms. The summed E-state index contributed by atoms with van der Waals surface area (Å²) >= 11 is 6.04. The molecule has 1 aromatic carbocycles. The summed E-state index contributed by atoms with van der Waals surface area (Å²) in [7, 11) is 0. The Bertz CT molecular complexity index is 435. The molecule has 0 heterocycles. The molecule has 0 unspecified atom stereocenters. The van der Waals surface area contributed by atoms with Gasteiger partial charge in [-0.25, -0.2) is 0 Å². The number of nitrogens with one attached hydrogen (secondary N) is 1. The van der Waals surface area contributed by atoms with Crippen LogP contribution in [0, 0.1) is 11.3 Å². The minimum atomic E-state index is 0.298. The first kappa shape index (κ1) is 15.9. The van der Waals surface area contributed by atoms with E-state index in [1.165, 1.54) is 18.4 Å². The van der Waals surface area contributed by atoms with Crippen molar-refractivity contribution in [1.82, 2.24) is 5.32 Å². The van der Waals surface area contributed by atoms with Crippen LogP contribution < -0.4 is 5.32 Å². The molecule has 2 rings (SSSR count). The minimum absolute atomic E-state index is 0.298. The fourth-order valence-electron chi connectivity index (χ4n) is 3.18. The Morgan fingerprint density at radius 3 is 2.20 bits per heavy atom. The van der Waals surface area contributed by atoms with Crippen LogP contribution in [0.3, 0.4) is 0 Å². The fraction of sp³-hybridized carbons (Fsp3) is 0.667. The molecule has 0 atom stereocenters. The zero-order chi connectivity index (χ0) is 15.0. The first-order chi connectivity index (χ1) is 9.23. The van der Waals surface area contributed by atoms with E-state index in [0.29, 0.717) is 16.9 Å². The maximum absolute atomic E-state index is 6.04. The van der Waals surface area contributed by atoms with Gasteiger partial charge in [0, 0.05) is 23.0 Å². The van der Waals surface area contributed by atoms with Crippen molar-refractivity contribution in [3.05, 3.63) is 34.9 Å². The smallest absolute Gasteiger partial charge is 0.0406 e. The van der Waals surface area contributed by atoms with Crippen molar-refractivity contribution in [2.45, 2.75) is 58.9 Å². The van der Waals surface area contributed by atoms with E-state index in [2.05, 4.69) is 52.1 Å². The monoisotopic (exact) mass is 293 g/mol. The maximum atomic E-state index is 6.04. The van der Waals surface area contributed by atoms with E-state index in [9.17, 15) is 0 Å². The highest BCUT2D eigenvalue weighted by Crippen LogP contribution is 2.54. The van der Waals surface area contributed by atoms with Crippen LogP contribution in [0.15, 0.2) is 24.3 Å². The van der Waals surface area contributed by atoms with Gasteiger partial charge in [0.05, 0.1) is 0 Å². The first-order valence-electron chi connectivity index (χ1n) is 7.72. The summed E-state index contributed by atoms with van der Waals surface area (Å²) in [6, 6.07) is 9.01. The molecular weight excluding hydrogens is 266 g/mol. The van der Waals surface area contributed by atoms with Gasteiger partial charge >= 0.3 is 0 Å². The first-order valence-corrected chi connectivity index (χ1v) is 8.10. The predicted molar refractivity (Wildman–Crippen MR) is 88.4 cm³/mol. The highest BCUT2D eigenvalue weighted by Gasteiger charge is 2.49. The lowest BCUT2D eigenvalue weighted by atomic mass is 9.52. The second-order valence-corrected chi connectivity index (χ2v) is 8.23. The van der Waals surface area contributed by atoms with Crippen LogP contribution in [0.2, 0.25) is 5.02 Å². The number of rotatable bonds is 4. The summed E-state index contributed by atoms with van der Waals surface area (Å²) in [6.07, 6.45) is 2.55. The van der Waals surface area contributed by atoms with E-state index >= 15 is 0 Å². The minimum Gasteiger partial charge on any atom is -0.314 e. The summed E-state index contributed by atoms with van der Waals surface area (Å²) in [4.78, 5) is 0. The molecule has 1 fully saturated rings. The summed E-state index contributed by atoms with van der Waals surface area (Å²) in [5, 5.41) is 4.47. The van der Waals surface area contributed by atoms with E-state index in [4.69, 9.17) is 11.6 Å². The van der Waals surface area contributed by atoms with Gasteiger partial charge < -0.3 is 5.32 Å². The van der Waals surface area contributed by atoms with Gasteiger partial charge in [-0.3, -0.25) is 0 Å². The van der Waals surface area contributed by atoms with Crippen LogP contribution in [0.1, 0.15) is 53.0 Å². The molecule has 1 saturated carbocycles. The lowest BCUT2D eigenvalue weighted by molar-refractivity contribution is 0.0437. The van der Waals surface area contributed by atoms with Crippen molar-refractivity contribution >= 4 is 11.6 Å². The van der Waals surface area contributed by atoms with Crippen LogP contribution in [-0.2, 0) is 5.41 Å². The molecule has 112 valence electrons. The van der Waals surface area contributed by atoms with Crippen LogP contribution in [0.4, 0.5) is 0 Å². The van der Waals surface area contributed by atoms with E-state index in [1.54, 1.807) is 0 Å². The van der Waals surface area contributed by atoms with Gasteiger partial charge in [-0.2, -0.15) is 0 Å². The Kier molecular flexibility index (Phi) is 4.51. The van der Waals surface area contributed by atoms with Gasteiger partial charge in [0.25, 0.3) is 0 Å². The van der Waals surface area contributed by atoms with E-state index in [1.807, 2.05) is 12.1 Å². The lowest BCUT2D eigenvalue weighted by Crippen LogP contribution is -2.52. The Labute approximate surface area is 129 Å². The second-order valence-electron chi connectivity index (χ2n) is 7.79. The third-order valence-corrected chi connectivity index (χ3v) is 5.06. The molecule has 0 aliphatic heterocycles. The Morgan fingerprint density at radius 1 is 1.20 bits per heavy atom. The van der Waals surface area contributed by atoms with Gasteiger partial charge in [0.2, 0.25) is 0 Å². The molecule has 0 aromatic heterocycles. The predicted octanol–water partition coefficient (Wildman–Crippen LogP) is 5.03. The number of halogens is 1. The topological polar surface area (TPSA) is 12.0 Å². The summed E-state index contributed by atoms with van der Waals surface area (Å²) in [6.45, 7) is 12.6. The van der Waals surface area contributed by atoms with Gasteiger partial charge in [-0.05, 0) is 41.9 Å². The summed E-state index contributed by atoms with van der Waals surface area (Å²) < 4.78 is 0. The third-order valence-electron chi connectivity index (χ3n) is 4.80. The number of hydrogen-bond acceptors (Lipinski definition) is 1. The van der Waals surface area contributed by atoms with Crippen LogP contribution in [-0.4, -0.2) is 12.6 Å². The van der Waals surface area contributed by atoms with E-state index in [-0.39, 0.29) is 0 Å².